The fraction of sp³-hybridized carbons (Fsp3) is 0.500. The van der Waals surface area contributed by atoms with Crippen molar-refractivity contribution in [1.29, 1.82) is 0 Å². The molecule has 0 atom stereocenters. The van der Waals surface area contributed by atoms with E-state index in [1.165, 1.54) is 6.92 Å². The van der Waals surface area contributed by atoms with E-state index in [1.54, 1.807) is 0 Å². The van der Waals surface area contributed by atoms with Crippen LogP contribution >= 0.6 is 21.8 Å². The molecule has 0 unspecified atom stereocenters. The maximum atomic E-state index is 11.5. The first kappa shape index (κ1) is 11.8. The number of rotatable bonds is 3. The lowest BCUT2D eigenvalue weighted by Crippen LogP contribution is -2.01. The molecule has 0 heterocycles. The van der Waals surface area contributed by atoms with Gasteiger partial charge >= 0.3 is 10.2 Å². The quantitative estimate of drug-likeness (QED) is 0.519. The van der Waals surface area contributed by atoms with E-state index in [-0.39, 0.29) is 6.61 Å². The Bertz CT molecular complexity index is 205. The van der Waals surface area contributed by atoms with E-state index in [4.69, 9.17) is 11.6 Å². The Hall–Kier alpha value is -0.170. The summed E-state index contributed by atoms with van der Waals surface area (Å²) in [5.74, 6) is 0. The molecule has 0 rings (SSSR count). The highest BCUT2D eigenvalue weighted by Gasteiger charge is 2.62. The number of halogens is 6. The van der Waals surface area contributed by atoms with Gasteiger partial charge in [0.2, 0.25) is 5.22 Å². The van der Waals surface area contributed by atoms with Crippen molar-refractivity contribution < 1.29 is 24.2 Å². The third-order valence-electron chi connectivity index (χ3n) is 0.598. The monoisotopic (exact) mass is 232 g/mol. The van der Waals surface area contributed by atoms with Gasteiger partial charge in [0.1, 0.15) is 5.41 Å². The lowest BCUT2D eigenvalue weighted by atomic mass is 10.9. The van der Waals surface area contributed by atoms with Gasteiger partial charge in [0.05, 0.1) is 6.61 Å². The van der Waals surface area contributed by atoms with Gasteiger partial charge in [0, 0.05) is 0 Å². The van der Waals surface area contributed by atoms with Crippen LogP contribution in [0.3, 0.4) is 0 Å². The highest BCUT2D eigenvalue weighted by Crippen LogP contribution is 2.99. The molecular weight excluding hydrogens is 227 g/mol. The topological polar surface area (TPSA) is 9.23 Å². The summed E-state index contributed by atoms with van der Waals surface area (Å²) in [7, 11) is -9.56. The molecule has 0 aliphatic heterocycles. The van der Waals surface area contributed by atoms with Crippen molar-refractivity contribution in [3.8, 4) is 0 Å². The summed E-state index contributed by atoms with van der Waals surface area (Å²) in [6, 6.07) is 0. The van der Waals surface area contributed by atoms with Gasteiger partial charge in [-0.3, -0.25) is 0 Å². The average molecular weight is 233 g/mol. The highest BCUT2D eigenvalue weighted by atomic mass is 35.5. The summed E-state index contributed by atoms with van der Waals surface area (Å²) in [6.45, 7) is 1.12. The minimum Gasteiger partial charge on any atom is -0.483 e. The van der Waals surface area contributed by atoms with Crippen molar-refractivity contribution in [2.75, 3.05) is 6.61 Å². The molecular formula is C4H6ClF5OS. The zero-order valence-corrected chi connectivity index (χ0v) is 7.44. The number of hydrogen-bond acceptors (Lipinski definition) is 1. The number of hydrogen-bond donors (Lipinski definition) is 0. The second kappa shape index (κ2) is 2.41. The van der Waals surface area contributed by atoms with Crippen LogP contribution in [0.4, 0.5) is 19.4 Å². The average Bonchev–Trinajstić information content (AvgIpc) is 1.54. The SMILES string of the molecule is CCO/C(Cl)=C/S(F)(F)(F)(F)F. The van der Waals surface area contributed by atoms with E-state index in [0.29, 0.717) is 0 Å². The van der Waals surface area contributed by atoms with Crippen molar-refractivity contribution in [3.05, 3.63) is 10.6 Å². The molecule has 0 aliphatic rings. The van der Waals surface area contributed by atoms with Crippen LogP contribution in [0, 0.1) is 0 Å². The van der Waals surface area contributed by atoms with Crippen LogP contribution < -0.4 is 0 Å². The molecule has 0 bridgehead atoms. The van der Waals surface area contributed by atoms with Gasteiger partial charge in [0.15, 0.2) is 0 Å². The zero-order valence-electron chi connectivity index (χ0n) is 5.87. The third kappa shape index (κ3) is 7.93. The second-order valence-corrected chi connectivity index (χ2v) is 4.55. The summed E-state index contributed by atoms with van der Waals surface area (Å²) in [5, 5.41) is -2.62. The first-order chi connectivity index (χ1) is 4.93. The number of ether oxygens (including phenoxy) is 1. The van der Waals surface area contributed by atoms with Crippen LogP contribution in [-0.4, -0.2) is 6.61 Å². The van der Waals surface area contributed by atoms with Gasteiger partial charge in [-0.1, -0.05) is 19.4 Å². The molecule has 1 nitrogen and oxygen atoms in total. The molecule has 0 saturated carbocycles. The molecule has 8 heteroatoms. The summed E-state index contributed by atoms with van der Waals surface area (Å²) in [6.07, 6.45) is 0. The second-order valence-electron chi connectivity index (χ2n) is 1.88. The molecule has 0 saturated heterocycles. The Morgan fingerprint density at radius 1 is 1.33 bits per heavy atom. The van der Waals surface area contributed by atoms with E-state index >= 15 is 0 Å². The van der Waals surface area contributed by atoms with E-state index in [1.807, 2.05) is 0 Å². The van der Waals surface area contributed by atoms with Crippen LogP contribution in [0.15, 0.2) is 10.6 Å². The lowest BCUT2D eigenvalue weighted by molar-refractivity contribution is 0.253. The molecule has 0 aromatic heterocycles. The summed E-state index contributed by atoms with van der Waals surface area (Å²) in [5.41, 5.74) is 0. The largest absolute Gasteiger partial charge is 0.483 e. The van der Waals surface area contributed by atoms with Gasteiger partial charge in [-0.25, -0.2) is 0 Å². The molecule has 0 aromatic carbocycles. The molecule has 0 amide bonds. The third-order valence-corrected chi connectivity index (χ3v) is 1.60. The van der Waals surface area contributed by atoms with Crippen molar-refractivity contribution >= 4 is 21.8 Å². The zero-order chi connectivity index (χ0) is 10.1. The summed E-state index contributed by atoms with van der Waals surface area (Å²) < 4.78 is 61.7. The molecule has 0 N–H and O–H groups in total. The minimum absolute atomic E-state index is 0.205. The van der Waals surface area contributed by atoms with E-state index < -0.39 is 20.9 Å². The first-order valence-electron chi connectivity index (χ1n) is 2.68. The Labute approximate surface area is 70.9 Å². The van der Waals surface area contributed by atoms with Crippen molar-refractivity contribution in [3.63, 3.8) is 0 Å². The fourth-order valence-electron chi connectivity index (χ4n) is 0.347. The van der Waals surface area contributed by atoms with E-state index in [2.05, 4.69) is 4.74 Å². The van der Waals surface area contributed by atoms with Gasteiger partial charge in [0.25, 0.3) is 0 Å². The predicted molar refractivity (Wildman–Crippen MR) is 38.7 cm³/mol. The van der Waals surface area contributed by atoms with Gasteiger partial charge < -0.3 is 4.74 Å². The standard InChI is InChI=1S/C4H6ClF5OS/c1-2-11-4(5)3-12(6,7,8,9)10/h3H,2H2,1H3/b4-3+. The predicted octanol–water partition coefficient (Wildman–Crippen LogP) is 4.36. The van der Waals surface area contributed by atoms with Crippen LogP contribution in [0.25, 0.3) is 0 Å². The lowest BCUT2D eigenvalue weighted by Gasteiger charge is -2.36. The molecule has 76 valence electrons. The summed E-state index contributed by atoms with van der Waals surface area (Å²) >= 11 is 4.71. The molecule has 0 spiro atoms. The maximum absolute atomic E-state index is 11.5. The van der Waals surface area contributed by atoms with E-state index in [0.717, 1.165) is 0 Å². The highest BCUT2D eigenvalue weighted by molar-refractivity contribution is 8.48. The van der Waals surface area contributed by atoms with Crippen molar-refractivity contribution in [2.24, 2.45) is 0 Å². The van der Waals surface area contributed by atoms with Crippen molar-refractivity contribution in [1.82, 2.24) is 0 Å². The first-order valence-corrected chi connectivity index (χ1v) is 5.08. The fourth-order valence-corrected chi connectivity index (χ4v) is 1.38. The van der Waals surface area contributed by atoms with Crippen LogP contribution in [0.5, 0.6) is 0 Å². The van der Waals surface area contributed by atoms with E-state index in [9.17, 15) is 19.4 Å². The Kier molecular flexibility index (Phi) is 2.38. The molecule has 12 heavy (non-hydrogen) atoms. The van der Waals surface area contributed by atoms with Gasteiger partial charge in [-0.05, 0) is 18.5 Å². The maximum Gasteiger partial charge on any atom is 0.308 e. The smallest absolute Gasteiger partial charge is 0.308 e. The molecule has 0 aliphatic carbocycles. The van der Waals surface area contributed by atoms with Crippen molar-refractivity contribution in [2.45, 2.75) is 6.92 Å². The minimum atomic E-state index is -9.56. The van der Waals surface area contributed by atoms with Crippen LogP contribution in [-0.2, 0) is 4.74 Å². The Morgan fingerprint density at radius 3 is 2.00 bits per heavy atom. The van der Waals surface area contributed by atoms with Crippen LogP contribution in [0.2, 0.25) is 0 Å². The van der Waals surface area contributed by atoms with Gasteiger partial charge in [-0.15, -0.1) is 0 Å². The normalized spacial score (nSPS) is 19.8. The summed E-state index contributed by atoms with van der Waals surface area (Å²) in [4.78, 5) is 0. The molecule has 0 radical (unpaired) electrons. The Balaban J connectivity index is 4.76. The van der Waals surface area contributed by atoms with Crippen LogP contribution in [0.1, 0.15) is 6.92 Å². The van der Waals surface area contributed by atoms with Gasteiger partial charge in [-0.2, -0.15) is 0 Å². The molecule has 0 fully saturated rings. The Morgan fingerprint density at radius 2 is 1.75 bits per heavy atom. The molecule has 0 aromatic rings.